The lowest BCUT2D eigenvalue weighted by molar-refractivity contribution is 0.154. The Labute approximate surface area is 83.7 Å². The molecule has 14 heavy (non-hydrogen) atoms. The van der Waals surface area contributed by atoms with Gasteiger partial charge < -0.3 is 9.84 Å². The van der Waals surface area contributed by atoms with Gasteiger partial charge in [0.25, 0.3) is 0 Å². The van der Waals surface area contributed by atoms with E-state index in [2.05, 4.69) is 4.98 Å². The molecule has 3 nitrogen and oxygen atoms in total. The van der Waals surface area contributed by atoms with Crippen LogP contribution in [0.3, 0.4) is 0 Å². The second kappa shape index (κ2) is 3.96. The number of nitrogens with zero attached hydrogens (tertiary/aromatic N) is 1. The topological polar surface area (TPSA) is 42.4 Å². The number of aliphatic hydroxyl groups excluding tert-OH is 1. The average molecular weight is 193 g/mol. The summed E-state index contributed by atoms with van der Waals surface area (Å²) in [5.74, 6) is 1.27. The third-order valence-corrected chi connectivity index (χ3v) is 2.55. The van der Waals surface area contributed by atoms with Crippen LogP contribution in [-0.2, 0) is 0 Å². The number of aromatic nitrogens is 1. The standard InChI is InChI=1S/C11H15NO2/c1-14-11-4-2-3-9(12-11)10(13)7-8-5-6-8/h2-4,8,10,13H,5-7H2,1H3. The number of ether oxygens (including phenoxy) is 1. The summed E-state index contributed by atoms with van der Waals surface area (Å²) >= 11 is 0. The predicted molar refractivity (Wildman–Crippen MR) is 53.1 cm³/mol. The highest BCUT2D eigenvalue weighted by Gasteiger charge is 2.25. The molecule has 1 fully saturated rings. The van der Waals surface area contributed by atoms with Gasteiger partial charge in [0.15, 0.2) is 0 Å². The maximum absolute atomic E-state index is 9.83. The number of pyridine rings is 1. The summed E-state index contributed by atoms with van der Waals surface area (Å²) in [5.41, 5.74) is 0.719. The maximum Gasteiger partial charge on any atom is 0.213 e. The van der Waals surface area contributed by atoms with Gasteiger partial charge in [-0.1, -0.05) is 18.9 Å². The Kier molecular flexibility index (Phi) is 2.68. The first kappa shape index (κ1) is 9.46. The summed E-state index contributed by atoms with van der Waals surface area (Å²) in [6, 6.07) is 5.49. The monoisotopic (exact) mass is 193 g/mol. The van der Waals surface area contributed by atoms with E-state index in [0.717, 1.165) is 12.1 Å². The molecule has 3 heteroatoms. The molecule has 1 unspecified atom stereocenters. The quantitative estimate of drug-likeness (QED) is 0.794. The lowest BCUT2D eigenvalue weighted by atomic mass is 10.1. The Bertz CT molecular complexity index is 310. The average Bonchev–Trinajstić information content (AvgIpc) is 3.02. The van der Waals surface area contributed by atoms with E-state index in [4.69, 9.17) is 4.74 Å². The molecule has 0 aromatic carbocycles. The molecule has 1 saturated carbocycles. The van der Waals surface area contributed by atoms with Crippen LogP contribution in [0.15, 0.2) is 18.2 Å². The third-order valence-electron chi connectivity index (χ3n) is 2.55. The molecule has 0 bridgehead atoms. The summed E-state index contributed by atoms with van der Waals surface area (Å²) in [6.07, 6.45) is 2.90. The first-order valence-corrected chi connectivity index (χ1v) is 4.98. The van der Waals surface area contributed by atoms with Crippen LogP contribution < -0.4 is 4.74 Å². The zero-order chi connectivity index (χ0) is 9.97. The van der Waals surface area contributed by atoms with Crippen molar-refractivity contribution in [2.45, 2.75) is 25.4 Å². The van der Waals surface area contributed by atoms with Gasteiger partial charge in [-0.15, -0.1) is 0 Å². The Balaban J connectivity index is 2.05. The fourth-order valence-electron chi connectivity index (χ4n) is 1.52. The molecular formula is C11H15NO2. The van der Waals surface area contributed by atoms with Gasteiger partial charge >= 0.3 is 0 Å². The van der Waals surface area contributed by atoms with Crippen LogP contribution >= 0.6 is 0 Å². The minimum Gasteiger partial charge on any atom is -0.481 e. The molecule has 0 radical (unpaired) electrons. The Morgan fingerprint density at radius 3 is 3.00 bits per heavy atom. The molecule has 2 rings (SSSR count). The molecule has 0 spiro atoms. The van der Waals surface area contributed by atoms with E-state index in [0.29, 0.717) is 11.8 Å². The zero-order valence-corrected chi connectivity index (χ0v) is 8.31. The van der Waals surface area contributed by atoms with E-state index >= 15 is 0 Å². The number of rotatable bonds is 4. The van der Waals surface area contributed by atoms with Gasteiger partial charge in [0, 0.05) is 6.07 Å². The van der Waals surface area contributed by atoms with Crippen LogP contribution in [0.2, 0.25) is 0 Å². The molecule has 0 aliphatic heterocycles. The Morgan fingerprint density at radius 2 is 2.36 bits per heavy atom. The SMILES string of the molecule is COc1cccc(C(O)CC2CC2)n1. The molecule has 0 amide bonds. The van der Waals surface area contributed by atoms with Crippen molar-refractivity contribution in [1.29, 1.82) is 0 Å². The normalized spacial score (nSPS) is 17.9. The van der Waals surface area contributed by atoms with Crippen molar-refractivity contribution in [3.05, 3.63) is 23.9 Å². The number of aliphatic hydroxyl groups is 1. The first-order valence-electron chi connectivity index (χ1n) is 4.98. The highest BCUT2D eigenvalue weighted by Crippen LogP contribution is 2.37. The summed E-state index contributed by atoms with van der Waals surface area (Å²) in [7, 11) is 1.58. The van der Waals surface area contributed by atoms with Crippen LogP contribution in [-0.4, -0.2) is 17.2 Å². The van der Waals surface area contributed by atoms with E-state index < -0.39 is 6.10 Å². The molecule has 1 aromatic heterocycles. The van der Waals surface area contributed by atoms with Crippen LogP contribution in [0.5, 0.6) is 5.88 Å². The largest absolute Gasteiger partial charge is 0.481 e. The van der Waals surface area contributed by atoms with Crippen molar-refractivity contribution in [2.75, 3.05) is 7.11 Å². The van der Waals surface area contributed by atoms with E-state index in [9.17, 15) is 5.11 Å². The lowest BCUT2D eigenvalue weighted by Gasteiger charge is -2.09. The molecule has 76 valence electrons. The van der Waals surface area contributed by atoms with Crippen LogP contribution in [0.25, 0.3) is 0 Å². The number of hydrogen-bond donors (Lipinski definition) is 1. The summed E-state index contributed by atoms with van der Waals surface area (Å²) < 4.78 is 5.00. The molecule has 1 aliphatic rings. The van der Waals surface area contributed by atoms with Crippen molar-refractivity contribution >= 4 is 0 Å². The number of methoxy groups -OCH3 is 1. The van der Waals surface area contributed by atoms with E-state index in [1.807, 2.05) is 12.1 Å². The van der Waals surface area contributed by atoms with Crippen LogP contribution in [0.1, 0.15) is 31.1 Å². The van der Waals surface area contributed by atoms with Crippen molar-refractivity contribution in [1.82, 2.24) is 4.98 Å². The molecule has 1 N–H and O–H groups in total. The highest BCUT2D eigenvalue weighted by atomic mass is 16.5. The van der Waals surface area contributed by atoms with Gasteiger partial charge in [-0.3, -0.25) is 0 Å². The second-order valence-electron chi connectivity index (χ2n) is 3.80. The van der Waals surface area contributed by atoms with Crippen molar-refractivity contribution < 1.29 is 9.84 Å². The smallest absolute Gasteiger partial charge is 0.213 e. The molecular weight excluding hydrogens is 178 g/mol. The van der Waals surface area contributed by atoms with Crippen molar-refractivity contribution in [3.63, 3.8) is 0 Å². The van der Waals surface area contributed by atoms with E-state index in [-0.39, 0.29) is 0 Å². The minimum atomic E-state index is -0.433. The molecule has 1 heterocycles. The lowest BCUT2D eigenvalue weighted by Crippen LogP contribution is -2.02. The number of hydrogen-bond acceptors (Lipinski definition) is 3. The zero-order valence-electron chi connectivity index (χ0n) is 8.31. The predicted octanol–water partition coefficient (Wildman–Crippen LogP) is 1.92. The Morgan fingerprint density at radius 1 is 1.57 bits per heavy atom. The van der Waals surface area contributed by atoms with E-state index in [1.165, 1.54) is 12.8 Å². The van der Waals surface area contributed by atoms with Gasteiger partial charge in [-0.05, 0) is 18.4 Å². The summed E-state index contributed by atoms with van der Waals surface area (Å²) in [5, 5.41) is 9.83. The summed E-state index contributed by atoms with van der Waals surface area (Å²) in [6.45, 7) is 0. The Hall–Kier alpha value is -1.09. The second-order valence-corrected chi connectivity index (χ2v) is 3.80. The van der Waals surface area contributed by atoms with E-state index in [1.54, 1.807) is 13.2 Å². The fraction of sp³-hybridized carbons (Fsp3) is 0.545. The van der Waals surface area contributed by atoms with Crippen LogP contribution in [0, 0.1) is 5.92 Å². The maximum atomic E-state index is 9.83. The fourth-order valence-corrected chi connectivity index (χ4v) is 1.52. The molecule has 1 aliphatic carbocycles. The molecule has 0 saturated heterocycles. The molecule has 1 aromatic rings. The van der Waals surface area contributed by atoms with Crippen molar-refractivity contribution in [3.8, 4) is 5.88 Å². The third kappa shape index (κ3) is 2.23. The van der Waals surface area contributed by atoms with Crippen molar-refractivity contribution in [2.24, 2.45) is 5.92 Å². The first-order chi connectivity index (χ1) is 6.79. The highest BCUT2D eigenvalue weighted by molar-refractivity contribution is 5.17. The van der Waals surface area contributed by atoms with Gasteiger partial charge in [0.2, 0.25) is 5.88 Å². The van der Waals surface area contributed by atoms with Gasteiger partial charge in [-0.2, -0.15) is 0 Å². The van der Waals surface area contributed by atoms with Gasteiger partial charge in [0.05, 0.1) is 18.9 Å². The van der Waals surface area contributed by atoms with Gasteiger partial charge in [0.1, 0.15) is 0 Å². The minimum absolute atomic E-state index is 0.433. The van der Waals surface area contributed by atoms with Gasteiger partial charge in [-0.25, -0.2) is 4.98 Å². The molecule has 1 atom stereocenters. The van der Waals surface area contributed by atoms with Crippen LogP contribution in [0.4, 0.5) is 0 Å². The summed E-state index contributed by atoms with van der Waals surface area (Å²) in [4.78, 5) is 4.20.